The normalized spacial score (nSPS) is 34.3. The Hall–Kier alpha value is -0.850. The number of amides is 1. The molecule has 2 bridgehead atoms. The number of hydrogen-bond acceptors (Lipinski definition) is 9. The number of aliphatic hydroxyl groups is 6. The van der Waals surface area contributed by atoms with E-state index in [0.29, 0.717) is 5.41 Å². The number of unbranched alkanes of at least 4 members (excludes halogenated alkanes) is 7. The minimum absolute atomic E-state index is 0.257. The molecule has 4 aliphatic rings. The van der Waals surface area contributed by atoms with Gasteiger partial charge in [0.2, 0.25) is 5.91 Å². The van der Waals surface area contributed by atoms with Crippen molar-refractivity contribution in [1.29, 1.82) is 0 Å². The number of hydrogen-bond donors (Lipinski definition) is 7. The van der Waals surface area contributed by atoms with Gasteiger partial charge < -0.3 is 45.4 Å². The maximum absolute atomic E-state index is 12.6. The SMILES string of the molecule is CC[C@@H](O)[C@@H](O)[C@H](COC1OC(CO)C(O)C(O)C1O)NC(=O)CCCCCCCCCCC1CC[C@H]2C[C@@H]1C2(C)C. The summed E-state index contributed by atoms with van der Waals surface area (Å²) in [6.45, 7) is 5.74. The number of carbonyl (C=O) groups is 1. The maximum atomic E-state index is 12.6. The van der Waals surface area contributed by atoms with E-state index >= 15 is 0 Å². The molecule has 4 rings (SSSR count). The molecule has 1 amide bonds. The summed E-state index contributed by atoms with van der Waals surface area (Å²) in [5.41, 5.74) is 0.582. The Balaban J connectivity index is 1.28. The average Bonchev–Trinajstić information content (AvgIpc) is 2.98. The molecule has 246 valence electrons. The van der Waals surface area contributed by atoms with E-state index in [1.807, 2.05) is 0 Å². The number of ether oxygens (including phenoxy) is 2. The molecule has 4 fully saturated rings. The number of fused-ring (bicyclic) bond motifs is 2. The molecule has 0 aromatic heterocycles. The summed E-state index contributed by atoms with van der Waals surface area (Å²) < 4.78 is 10.9. The summed E-state index contributed by atoms with van der Waals surface area (Å²) in [7, 11) is 0. The van der Waals surface area contributed by atoms with Gasteiger partial charge in [-0.05, 0) is 55.3 Å². The van der Waals surface area contributed by atoms with Crippen molar-refractivity contribution in [2.24, 2.45) is 23.2 Å². The number of rotatable bonds is 19. The fourth-order valence-corrected chi connectivity index (χ4v) is 7.48. The molecule has 1 heterocycles. The van der Waals surface area contributed by atoms with Gasteiger partial charge in [-0.3, -0.25) is 4.79 Å². The zero-order valence-electron chi connectivity index (χ0n) is 26.1. The molecule has 42 heavy (non-hydrogen) atoms. The molecule has 11 atom stereocenters. The fraction of sp³-hybridized carbons (Fsp3) is 0.969. The van der Waals surface area contributed by atoms with Crippen molar-refractivity contribution in [2.45, 2.75) is 160 Å². The van der Waals surface area contributed by atoms with Crippen LogP contribution in [0, 0.1) is 23.2 Å². The quantitative estimate of drug-likeness (QED) is 0.110. The molecule has 0 radical (unpaired) electrons. The van der Waals surface area contributed by atoms with Crippen molar-refractivity contribution in [3.8, 4) is 0 Å². The van der Waals surface area contributed by atoms with Gasteiger partial charge >= 0.3 is 0 Å². The smallest absolute Gasteiger partial charge is 0.220 e. The van der Waals surface area contributed by atoms with Crippen molar-refractivity contribution < 1.29 is 44.9 Å². The van der Waals surface area contributed by atoms with Gasteiger partial charge in [-0.15, -0.1) is 0 Å². The first-order valence-corrected chi connectivity index (χ1v) is 16.6. The lowest BCUT2D eigenvalue weighted by Gasteiger charge is -2.60. The van der Waals surface area contributed by atoms with E-state index in [9.17, 15) is 35.4 Å². The lowest BCUT2D eigenvalue weighted by atomic mass is 9.45. The largest absolute Gasteiger partial charge is 0.394 e. The highest BCUT2D eigenvalue weighted by atomic mass is 16.7. The van der Waals surface area contributed by atoms with Crippen molar-refractivity contribution in [3.63, 3.8) is 0 Å². The lowest BCUT2D eigenvalue weighted by molar-refractivity contribution is -0.303. The van der Waals surface area contributed by atoms with Crippen LogP contribution in [0.1, 0.15) is 111 Å². The third-order valence-electron chi connectivity index (χ3n) is 10.6. The zero-order chi connectivity index (χ0) is 30.9. The number of aliphatic hydroxyl groups excluding tert-OH is 6. The van der Waals surface area contributed by atoms with Crippen LogP contribution in [0.3, 0.4) is 0 Å². The second-order valence-electron chi connectivity index (χ2n) is 13.7. The first kappa shape index (κ1) is 35.6. The molecule has 7 N–H and O–H groups in total. The van der Waals surface area contributed by atoms with Crippen LogP contribution in [0.5, 0.6) is 0 Å². The summed E-state index contributed by atoms with van der Waals surface area (Å²) in [5.74, 6) is 2.61. The summed E-state index contributed by atoms with van der Waals surface area (Å²) in [6, 6.07) is -0.981. The third-order valence-corrected chi connectivity index (χ3v) is 10.6. The van der Waals surface area contributed by atoms with Crippen LogP contribution in [0.4, 0.5) is 0 Å². The monoisotopic (exact) mass is 601 g/mol. The molecule has 1 saturated heterocycles. The van der Waals surface area contributed by atoms with E-state index in [1.54, 1.807) is 6.92 Å². The lowest BCUT2D eigenvalue weighted by Crippen LogP contribution is -2.60. The van der Waals surface area contributed by atoms with Crippen LogP contribution in [0.25, 0.3) is 0 Å². The summed E-state index contributed by atoms with van der Waals surface area (Å²) in [4.78, 5) is 12.6. The molecule has 3 aliphatic carbocycles. The highest BCUT2D eigenvalue weighted by Gasteiger charge is 2.53. The molecule has 1 aliphatic heterocycles. The zero-order valence-corrected chi connectivity index (χ0v) is 26.1. The first-order valence-electron chi connectivity index (χ1n) is 16.6. The molecule has 0 spiro atoms. The Morgan fingerprint density at radius 2 is 1.60 bits per heavy atom. The standard InChI is InChI=1S/C32H59NO9/c1-4-24(35)27(37)23(19-41-31-30(40)29(39)28(38)25(18-34)42-31)33-26(36)14-12-10-8-6-5-7-9-11-13-20-15-16-21-17-22(20)32(21,2)3/h20-25,27-31,34-35,37-40H,4-19H2,1-3H3,(H,33,36)/t20?,21-,22-,23-,24+,25?,27-,28?,29?,30?,31?/m0/s1. The van der Waals surface area contributed by atoms with Crippen molar-refractivity contribution in [1.82, 2.24) is 5.32 Å². The van der Waals surface area contributed by atoms with E-state index in [-0.39, 0.29) is 25.4 Å². The third kappa shape index (κ3) is 9.33. The number of carbonyl (C=O) groups excluding carboxylic acids is 1. The summed E-state index contributed by atoms with van der Waals surface area (Å²) in [6.07, 6.45) is 5.70. The Morgan fingerprint density at radius 3 is 2.19 bits per heavy atom. The Kier molecular flexibility index (Phi) is 14.4. The van der Waals surface area contributed by atoms with Gasteiger partial charge in [-0.25, -0.2) is 0 Å². The molecule has 10 nitrogen and oxygen atoms in total. The van der Waals surface area contributed by atoms with E-state index in [4.69, 9.17) is 9.47 Å². The molecule has 0 aromatic carbocycles. The molecular formula is C32H59NO9. The average molecular weight is 602 g/mol. The van der Waals surface area contributed by atoms with E-state index < -0.39 is 55.6 Å². The van der Waals surface area contributed by atoms with Crippen LogP contribution in [0.15, 0.2) is 0 Å². The highest BCUT2D eigenvalue weighted by molar-refractivity contribution is 5.76. The predicted molar refractivity (Wildman–Crippen MR) is 158 cm³/mol. The molecular weight excluding hydrogens is 542 g/mol. The van der Waals surface area contributed by atoms with Gasteiger partial charge in [0.15, 0.2) is 6.29 Å². The van der Waals surface area contributed by atoms with Gasteiger partial charge in [0.25, 0.3) is 0 Å². The molecule has 6 unspecified atom stereocenters. The van der Waals surface area contributed by atoms with Crippen LogP contribution < -0.4 is 5.32 Å². The van der Waals surface area contributed by atoms with Crippen LogP contribution >= 0.6 is 0 Å². The van der Waals surface area contributed by atoms with Crippen molar-refractivity contribution in [2.75, 3.05) is 13.2 Å². The Morgan fingerprint density at radius 1 is 0.952 bits per heavy atom. The predicted octanol–water partition coefficient (Wildman–Crippen LogP) is 2.39. The topological polar surface area (TPSA) is 169 Å². The molecule has 3 saturated carbocycles. The van der Waals surface area contributed by atoms with E-state index in [0.717, 1.165) is 37.0 Å². The van der Waals surface area contributed by atoms with Crippen molar-refractivity contribution in [3.05, 3.63) is 0 Å². The summed E-state index contributed by atoms with van der Waals surface area (Å²) >= 11 is 0. The first-order chi connectivity index (χ1) is 20.0. The van der Waals surface area contributed by atoms with Gasteiger partial charge in [-0.1, -0.05) is 72.1 Å². The maximum Gasteiger partial charge on any atom is 0.220 e. The molecule has 10 heteroatoms. The highest BCUT2D eigenvalue weighted by Crippen LogP contribution is 2.62. The van der Waals surface area contributed by atoms with Crippen LogP contribution in [-0.2, 0) is 14.3 Å². The van der Waals surface area contributed by atoms with Gasteiger partial charge in [0, 0.05) is 6.42 Å². The van der Waals surface area contributed by atoms with Gasteiger partial charge in [0.05, 0.1) is 25.4 Å². The van der Waals surface area contributed by atoms with Gasteiger partial charge in [0.1, 0.15) is 30.5 Å². The fourth-order valence-electron chi connectivity index (χ4n) is 7.48. The van der Waals surface area contributed by atoms with Gasteiger partial charge in [-0.2, -0.15) is 0 Å². The Labute approximate surface area is 252 Å². The van der Waals surface area contributed by atoms with E-state index in [2.05, 4.69) is 19.2 Å². The second-order valence-corrected chi connectivity index (χ2v) is 13.7. The second kappa shape index (κ2) is 17.0. The van der Waals surface area contributed by atoms with Crippen LogP contribution in [0.2, 0.25) is 0 Å². The Bertz CT molecular complexity index is 794. The number of nitrogens with one attached hydrogen (secondary N) is 1. The van der Waals surface area contributed by atoms with Crippen molar-refractivity contribution >= 4 is 5.91 Å². The minimum atomic E-state index is -1.60. The van der Waals surface area contributed by atoms with Crippen LogP contribution in [-0.4, -0.2) is 98.7 Å². The van der Waals surface area contributed by atoms with E-state index in [1.165, 1.54) is 57.8 Å². The minimum Gasteiger partial charge on any atom is -0.394 e. The summed E-state index contributed by atoms with van der Waals surface area (Å²) in [5, 5.41) is 62.9. The molecule has 0 aromatic rings.